The zero-order chi connectivity index (χ0) is 14.9. The summed E-state index contributed by atoms with van der Waals surface area (Å²) in [6.07, 6.45) is 0.769. The molecule has 0 aliphatic rings. The van der Waals surface area contributed by atoms with E-state index >= 15 is 0 Å². The Kier molecular flexibility index (Phi) is 3.85. The number of aryl methyl sites for hydroxylation is 1. The average molecular weight is 274 g/mol. The van der Waals surface area contributed by atoms with Crippen molar-refractivity contribution in [2.75, 3.05) is 0 Å². The van der Waals surface area contributed by atoms with E-state index in [9.17, 15) is 10.1 Å². The molecular weight excluding hydrogens is 256 g/mol. The molecule has 2 N–H and O–H groups in total. The predicted molar refractivity (Wildman–Crippen MR) is 77.0 cm³/mol. The van der Waals surface area contributed by atoms with Crippen molar-refractivity contribution in [2.24, 2.45) is 5.73 Å². The van der Waals surface area contributed by atoms with Crippen LogP contribution in [0.3, 0.4) is 0 Å². The third-order valence-electron chi connectivity index (χ3n) is 3.27. The number of aromatic nitrogens is 2. The minimum Gasteiger partial charge on any atom is -0.328 e. The normalized spacial score (nSPS) is 12.4. The Balaban J connectivity index is 2.40. The number of nitrogens with two attached hydrogens (primary N) is 1. The molecule has 20 heavy (non-hydrogen) atoms. The minimum atomic E-state index is -0.410. The van der Waals surface area contributed by atoms with E-state index in [0.717, 1.165) is 29.1 Å². The Morgan fingerprint density at radius 1 is 1.35 bits per heavy atom. The van der Waals surface area contributed by atoms with Gasteiger partial charge in [0, 0.05) is 23.9 Å². The van der Waals surface area contributed by atoms with Gasteiger partial charge in [-0.1, -0.05) is 0 Å². The van der Waals surface area contributed by atoms with Crippen LogP contribution in [-0.4, -0.2) is 20.7 Å². The fraction of sp³-hybridized carbons (Fsp3) is 0.357. The Labute approximate surface area is 117 Å². The van der Waals surface area contributed by atoms with Crippen molar-refractivity contribution in [1.82, 2.24) is 9.78 Å². The summed E-state index contributed by atoms with van der Waals surface area (Å²) in [5.41, 5.74) is 9.84. The Bertz CT molecular complexity index is 629. The van der Waals surface area contributed by atoms with Crippen LogP contribution in [0.15, 0.2) is 24.3 Å². The first-order chi connectivity index (χ1) is 9.40. The SMILES string of the molecule is Cc1nn(-c2ccc([N+](=O)[O-])cc2)c(C)c1CC(C)N. The third-order valence-corrected chi connectivity index (χ3v) is 3.27. The fourth-order valence-corrected chi connectivity index (χ4v) is 2.26. The van der Waals surface area contributed by atoms with Crippen LogP contribution >= 0.6 is 0 Å². The van der Waals surface area contributed by atoms with Crippen molar-refractivity contribution in [1.29, 1.82) is 0 Å². The largest absolute Gasteiger partial charge is 0.328 e. The quantitative estimate of drug-likeness (QED) is 0.684. The molecule has 0 aliphatic heterocycles. The monoisotopic (exact) mass is 274 g/mol. The van der Waals surface area contributed by atoms with Crippen LogP contribution in [0, 0.1) is 24.0 Å². The van der Waals surface area contributed by atoms with Crippen LogP contribution < -0.4 is 5.73 Å². The second kappa shape index (κ2) is 5.42. The highest BCUT2D eigenvalue weighted by molar-refractivity contribution is 5.43. The maximum Gasteiger partial charge on any atom is 0.269 e. The van der Waals surface area contributed by atoms with Gasteiger partial charge in [0.2, 0.25) is 0 Å². The summed E-state index contributed by atoms with van der Waals surface area (Å²) in [6, 6.07) is 6.44. The summed E-state index contributed by atoms with van der Waals surface area (Å²) in [4.78, 5) is 10.3. The molecule has 0 aliphatic carbocycles. The topological polar surface area (TPSA) is 87.0 Å². The molecule has 2 rings (SSSR count). The molecule has 0 bridgehead atoms. The lowest BCUT2D eigenvalue weighted by molar-refractivity contribution is -0.384. The number of nitro benzene ring substituents is 1. The van der Waals surface area contributed by atoms with Gasteiger partial charge in [0.25, 0.3) is 5.69 Å². The van der Waals surface area contributed by atoms with Crippen molar-refractivity contribution >= 4 is 5.69 Å². The molecule has 106 valence electrons. The van der Waals surface area contributed by atoms with Crippen LogP contribution in [0.1, 0.15) is 23.9 Å². The Morgan fingerprint density at radius 2 is 1.95 bits per heavy atom. The molecular formula is C14H18N4O2. The van der Waals surface area contributed by atoms with E-state index in [1.807, 2.05) is 20.8 Å². The summed E-state index contributed by atoms with van der Waals surface area (Å²) in [5, 5.41) is 15.2. The molecule has 1 unspecified atom stereocenters. The number of hydrogen-bond acceptors (Lipinski definition) is 4. The van der Waals surface area contributed by atoms with Crippen molar-refractivity contribution in [3.8, 4) is 5.69 Å². The van der Waals surface area contributed by atoms with E-state index in [-0.39, 0.29) is 11.7 Å². The zero-order valence-electron chi connectivity index (χ0n) is 11.8. The predicted octanol–water partition coefficient (Wildman–Crippen LogP) is 2.29. The maximum absolute atomic E-state index is 10.7. The number of benzene rings is 1. The maximum atomic E-state index is 10.7. The smallest absolute Gasteiger partial charge is 0.269 e. The molecule has 1 atom stereocenters. The highest BCUT2D eigenvalue weighted by Gasteiger charge is 2.14. The second-order valence-corrected chi connectivity index (χ2v) is 5.02. The highest BCUT2D eigenvalue weighted by atomic mass is 16.6. The van der Waals surface area contributed by atoms with Crippen LogP contribution in [0.5, 0.6) is 0 Å². The number of hydrogen-bond donors (Lipinski definition) is 1. The van der Waals surface area contributed by atoms with E-state index in [1.165, 1.54) is 12.1 Å². The van der Waals surface area contributed by atoms with Gasteiger partial charge in [-0.2, -0.15) is 5.10 Å². The molecule has 1 aromatic carbocycles. The van der Waals surface area contributed by atoms with Gasteiger partial charge in [-0.05, 0) is 44.9 Å². The van der Waals surface area contributed by atoms with E-state index in [0.29, 0.717) is 0 Å². The number of non-ortho nitro benzene ring substituents is 1. The molecule has 0 amide bonds. The first kappa shape index (κ1) is 14.2. The minimum absolute atomic E-state index is 0.0712. The van der Waals surface area contributed by atoms with E-state index < -0.39 is 4.92 Å². The summed E-state index contributed by atoms with van der Waals surface area (Å²) in [7, 11) is 0. The summed E-state index contributed by atoms with van der Waals surface area (Å²) < 4.78 is 1.80. The summed E-state index contributed by atoms with van der Waals surface area (Å²) >= 11 is 0. The van der Waals surface area contributed by atoms with Gasteiger partial charge in [-0.25, -0.2) is 4.68 Å². The fourth-order valence-electron chi connectivity index (χ4n) is 2.26. The van der Waals surface area contributed by atoms with Gasteiger partial charge in [0.15, 0.2) is 0 Å². The van der Waals surface area contributed by atoms with Crippen molar-refractivity contribution in [3.05, 3.63) is 51.3 Å². The molecule has 0 saturated heterocycles. The highest BCUT2D eigenvalue weighted by Crippen LogP contribution is 2.21. The van der Waals surface area contributed by atoms with Crippen molar-refractivity contribution in [3.63, 3.8) is 0 Å². The van der Waals surface area contributed by atoms with Crippen molar-refractivity contribution < 1.29 is 4.92 Å². The lowest BCUT2D eigenvalue weighted by Gasteiger charge is -2.07. The summed E-state index contributed by atoms with van der Waals surface area (Å²) in [6.45, 7) is 5.90. The lowest BCUT2D eigenvalue weighted by atomic mass is 10.1. The van der Waals surface area contributed by atoms with E-state index in [2.05, 4.69) is 5.10 Å². The number of nitro groups is 1. The third kappa shape index (κ3) is 2.70. The lowest BCUT2D eigenvalue weighted by Crippen LogP contribution is -2.18. The molecule has 0 radical (unpaired) electrons. The number of nitrogens with zero attached hydrogens (tertiary/aromatic N) is 3. The first-order valence-corrected chi connectivity index (χ1v) is 6.45. The molecule has 6 heteroatoms. The first-order valence-electron chi connectivity index (χ1n) is 6.45. The summed E-state index contributed by atoms with van der Waals surface area (Å²) in [5.74, 6) is 0. The molecule has 2 aromatic rings. The molecule has 0 fully saturated rings. The van der Waals surface area contributed by atoms with Crippen LogP contribution in [0.4, 0.5) is 5.69 Å². The molecule has 1 aromatic heterocycles. The zero-order valence-corrected chi connectivity index (χ0v) is 11.8. The van der Waals surface area contributed by atoms with Crippen molar-refractivity contribution in [2.45, 2.75) is 33.2 Å². The Hall–Kier alpha value is -2.21. The Morgan fingerprint density at radius 3 is 2.45 bits per heavy atom. The number of rotatable bonds is 4. The van der Waals surface area contributed by atoms with Gasteiger partial charge >= 0.3 is 0 Å². The average Bonchev–Trinajstić information content (AvgIpc) is 2.66. The van der Waals surface area contributed by atoms with Gasteiger partial charge in [-0.15, -0.1) is 0 Å². The molecule has 1 heterocycles. The van der Waals surface area contributed by atoms with Gasteiger partial charge in [-0.3, -0.25) is 10.1 Å². The van der Waals surface area contributed by atoms with E-state index in [1.54, 1.807) is 16.8 Å². The van der Waals surface area contributed by atoms with Gasteiger partial charge in [0.1, 0.15) is 0 Å². The van der Waals surface area contributed by atoms with E-state index in [4.69, 9.17) is 5.73 Å². The van der Waals surface area contributed by atoms with Crippen LogP contribution in [-0.2, 0) is 6.42 Å². The second-order valence-electron chi connectivity index (χ2n) is 5.02. The van der Waals surface area contributed by atoms with Gasteiger partial charge in [0.05, 0.1) is 16.3 Å². The standard InChI is InChI=1S/C14H18N4O2/c1-9(15)8-14-10(2)16-17(11(14)3)12-4-6-13(7-5-12)18(19)20/h4-7,9H,8,15H2,1-3H3. The molecule has 6 nitrogen and oxygen atoms in total. The molecule has 0 spiro atoms. The van der Waals surface area contributed by atoms with Crippen LogP contribution in [0.25, 0.3) is 5.69 Å². The molecule has 0 saturated carbocycles. The van der Waals surface area contributed by atoms with Crippen LogP contribution in [0.2, 0.25) is 0 Å². The van der Waals surface area contributed by atoms with Gasteiger partial charge < -0.3 is 5.73 Å².